The Hall–Kier alpha value is -3.28. The maximum absolute atomic E-state index is 12.2. The molecule has 0 atom stereocenters. The number of para-hydroxylation sites is 1. The number of nitrogens with one attached hydrogen (secondary N) is 1. The molecule has 1 aromatic carbocycles. The topological polar surface area (TPSA) is 71.0 Å². The van der Waals surface area contributed by atoms with Gasteiger partial charge in [0.05, 0.1) is 12.2 Å². The van der Waals surface area contributed by atoms with Crippen molar-refractivity contribution >= 4 is 17.4 Å². The molecule has 0 saturated carbocycles. The number of hydrogen-bond acceptors (Lipinski definition) is 5. The Balaban J connectivity index is 1.46. The summed E-state index contributed by atoms with van der Waals surface area (Å²) in [5, 5.41) is 11.2. The van der Waals surface area contributed by atoms with E-state index in [4.69, 9.17) is 0 Å². The van der Waals surface area contributed by atoms with E-state index in [1.165, 1.54) is 11.3 Å². The van der Waals surface area contributed by atoms with Crippen molar-refractivity contribution in [3.05, 3.63) is 77.7 Å². The Labute approximate surface area is 151 Å². The van der Waals surface area contributed by atoms with E-state index in [0.717, 1.165) is 30.9 Å². The molecule has 1 amide bonds. The Bertz CT molecular complexity index is 896. The molecule has 3 aromatic rings. The van der Waals surface area contributed by atoms with Crippen LogP contribution in [0.3, 0.4) is 0 Å². The number of pyridine rings is 1. The molecule has 0 aliphatic carbocycles. The van der Waals surface area contributed by atoms with Crippen molar-refractivity contribution in [2.45, 2.75) is 19.4 Å². The molecule has 0 fully saturated rings. The zero-order valence-corrected chi connectivity index (χ0v) is 14.3. The van der Waals surface area contributed by atoms with Crippen molar-refractivity contribution in [3.8, 4) is 0 Å². The molecule has 26 heavy (non-hydrogen) atoms. The fourth-order valence-corrected chi connectivity index (χ4v) is 3.13. The second-order valence-electron chi connectivity index (χ2n) is 6.16. The first-order valence-electron chi connectivity index (χ1n) is 8.68. The van der Waals surface area contributed by atoms with Crippen molar-refractivity contribution in [3.63, 3.8) is 0 Å². The fourth-order valence-electron chi connectivity index (χ4n) is 3.13. The Morgan fingerprint density at radius 2 is 1.92 bits per heavy atom. The first-order chi connectivity index (χ1) is 12.8. The smallest absolute Gasteiger partial charge is 0.272 e. The van der Waals surface area contributed by atoms with E-state index in [1.807, 2.05) is 30.3 Å². The van der Waals surface area contributed by atoms with Crippen LogP contribution < -0.4 is 10.2 Å². The predicted octanol–water partition coefficient (Wildman–Crippen LogP) is 2.89. The summed E-state index contributed by atoms with van der Waals surface area (Å²) in [7, 11) is 0. The highest BCUT2D eigenvalue weighted by atomic mass is 16.1. The van der Waals surface area contributed by atoms with Gasteiger partial charge in [-0.05, 0) is 48.7 Å². The Kier molecular flexibility index (Phi) is 4.55. The molecule has 6 heteroatoms. The largest absolute Gasteiger partial charge is 0.345 e. The molecule has 1 aliphatic rings. The van der Waals surface area contributed by atoms with Gasteiger partial charge in [-0.2, -0.15) is 0 Å². The summed E-state index contributed by atoms with van der Waals surface area (Å²) in [5.41, 5.74) is 3.59. The van der Waals surface area contributed by atoms with Crippen molar-refractivity contribution in [1.82, 2.24) is 20.5 Å². The quantitative estimate of drug-likeness (QED) is 0.787. The van der Waals surface area contributed by atoms with Gasteiger partial charge in [-0.25, -0.2) is 0 Å². The summed E-state index contributed by atoms with van der Waals surface area (Å²) in [6.45, 7) is 1.26. The van der Waals surface area contributed by atoms with Gasteiger partial charge in [0.2, 0.25) is 0 Å². The van der Waals surface area contributed by atoms with E-state index in [2.05, 4.69) is 43.6 Å². The van der Waals surface area contributed by atoms with Crippen molar-refractivity contribution in [1.29, 1.82) is 0 Å². The maximum Gasteiger partial charge on any atom is 0.272 e. The number of anilines is 2. The molecule has 4 rings (SSSR count). The number of aromatic nitrogens is 3. The highest BCUT2D eigenvalue weighted by molar-refractivity contribution is 5.92. The molecular formula is C20H19N5O. The van der Waals surface area contributed by atoms with Gasteiger partial charge in [0, 0.05) is 18.4 Å². The summed E-state index contributed by atoms with van der Waals surface area (Å²) >= 11 is 0. The van der Waals surface area contributed by atoms with E-state index in [1.54, 1.807) is 12.3 Å². The zero-order chi connectivity index (χ0) is 17.8. The number of nitrogens with zero attached hydrogens (tertiary/aromatic N) is 4. The average Bonchev–Trinajstić information content (AvgIpc) is 2.72. The normalized spacial score (nSPS) is 13.2. The lowest BCUT2D eigenvalue weighted by molar-refractivity contribution is 0.0944. The number of hydrogen-bond donors (Lipinski definition) is 1. The predicted molar refractivity (Wildman–Crippen MR) is 99.2 cm³/mol. The van der Waals surface area contributed by atoms with Crippen molar-refractivity contribution in [2.24, 2.45) is 0 Å². The van der Waals surface area contributed by atoms with Crippen LogP contribution in [0, 0.1) is 0 Å². The Morgan fingerprint density at radius 3 is 2.73 bits per heavy atom. The van der Waals surface area contributed by atoms with E-state index in [9.17, 15) is 4.79 Å². The summed E-state index contributed by atoms with van der Waals surface area (Å²) < 4.78 is 0. The third-order valence-electron chi connectivity index (χ3n) is 4.43. The SMILES string of the molecule is O=C(NCc1ccccn1)c1ccc(N2CCCc3ccccc32)nn1. The summed E-state index contributed by atoms with van der Waals surface area (Å²) in [4.78, 5) is 18.6. The highest BCUT2D eigenvalue weighted by Gasteiger charge is 2.19. The number of fused-ring (bicyclic) bond motifs is 1. The van der Waals surface area contributed by atoms with Gasteiger partial charge < -0.3 is 10.2 Å². The molecular weight excluding hydrogens is 326 g/mol. The van der Waals surface area contributed by atoms with E-state index < -0.39 is 0 Å². The molecule has 130 valence electrons. The van der Waals surface area contributed by atoms with Gasteiger partial charge in [-0.3, -0.25) is 9.78 Å². The first kappa shape index (κ1) is 16.2. The highest BCUT2D eigenvalue weighted by Crippen LogP contribution is 2.31. The lowest BCUT2D eigenvalue weighted by Crippen LogP contribution is -2.27. The Morgan fingerprint density at radius 1 is 1.04 bits per heavy atom. The van der Waals surface area contributed by atoms with Crippen LogP contribution in [-0.2, 0) is 13.0 Å². The van der Waals surface area contributed by atoms with Gasteiger partial charge in [0.1, 0.15) is 0 Å². The van der Waals surface area contributed by atoms with E-state index in [0.29, 0.717) is 12.2 Å². The molecule has 0 saturated heterocycles. The third kappa shape index (κ3) is 3.39. The van der Waals surface area contributed by atoms with Crippen molar-refractivity contribution in [2.75, 3.05) is 11.4 Å². The molecule has 0 spiro atoms. The van der Waals surface area contributed by atoms with Crippen LogP contribution in [0.1, 0.15) is 28.2 Å². The molecule has 0 unspecified atom stereocenters. The summed E-state index contributed by atoms with van der Waals surface area (Å²) in [6, 6.07) is 17.5. The van der Waals surface area contributed by atoms with E-state index >= 15 is 0 Å². The molecule has 0 radical (unpaired) electrons. The average molecular weight is 345 g/mol. The van der Waals surface area contributed by atoms with Crippen LogP contribution in [0.25, 0.3) is 0 Å². The molecule has 1 aliphatic heterocycles. The maximum atomic E-state index is 12.2. The lowest BCUT2D eigenvalue weighted by atomic mass is 10.0. The van der Waals surface area contributed by atoms with E-state index in [-0.39, 0.29) is 5.91 Å². The summed E-state index contributed by atoms with van der Waals surface area (Å²) in [6.07, 6.45) is 3.85. The molecule has 3 heterocycles. The monoisotopic (exact) mass is 345 g/mol. The standard InChI is InChI=1S/C20H19N5O/c26-20(22-14-16-8-3-4-12-21-16)17-10-11-19(24-23-17)25-13-5-7-15-6-1-2-9-18(15)25/h1-4,6,8-12H,5,7,13-14H2,(H,22,26). The van der Waals surface area contributed by atoms with Crippen LogP contribution >= 0.6 is 0 Å². The second kappa shape index (κ2) is 7.31. The fraction of sp³-hybridized carbons (Fsp3) is 0.200. The number of aryl methyl sites for hydroxylation is 1. The molecule has 6 nitrogen and oxygen atoms in total. The lowest BCUT2D eigenvalue weighted by Gasteiger charge is -2.29. The van der Waals surface area contributed by atoms with Crippen molar-refractivity contribution < 1.29 is 4.79 Å². The minimum absolute atomic E-state index is 0.256. The van der Waals surface area contributed by atoms with Gasteiger partial charge >= 0.3 is 0 Å². The number of rotatable bonds is 4. The molecule has 2 aromatic heterocycles. The number of amides is 1. The van der Waals surface area contributed by atoms with Gasteiger partial charge in [0.25, 0.3) is 5.91 Å². The number of benzene rings is 1. The number of carbonyl (C=O) groups excluding carboxylic acids is 1. The summed E-state index contributed by atoms with van der Waals surface area (Å²) in [5.74, 6) is 0.507. The first-order valence-corrected chi connectivity index (χ1v) is 8.68. The van der Waals surface area contributed by atoms with Gasteiger partial charge in [-0.1, -0.05) is 24.3 Å². The van der Waals surface area contributed by atoms with Crippen LogP contribution in [0.4, 0.5) is 11.5 Å². The van der Waals surface area contributed by atoms with Crippen LogP contribution in [0.15, 0.2) is 60.8 Å². The third-order valence-corrected chi connectivity index (χ3v) is 4.43. The molecule has 0 bridgehead atoms. The van der Waals surface area contributed by atoms with Gasteiger partial charge in [0.15, 0.2) is 11.5 Å². The zero-order valence-electron chi connectivity index (χ0n) is 14.3. The van der Waals surface area contributed by atoms with Crippen LogP contribution in [-0.4, -0.2) is 27.6 Å². The van der Waals surface area contributed by atoms with Crippen LogP contribution in [0.2, 0.25) is 0 Å². The molecule has 1 N–H and O–H groups in total. The minimum atomic E-state index is -0.256. The van der Waals surface area contributed by atoms with Crippen LogP contribution in [0.5, 0.6) is 0 Å². The van der Waals surface area contributed by atoms with Gasteiger partial charge in [-0.15, -0.1) is 10.2 Å². The number of carbonyl (C=O) groups is 1. The minimum Gasteiger partial charge on any atom is -0.345 e. The second-order valence-corrected chi connectivity index (χ2v) is 6.16.